The Labute approximate surface area is 105 Å². The average Bonchev–Trinajstić information content (AvgIpc) is 2.62. The molecule has 2 unspecified atom stereocenters. The average molecular weight is 258 g/mol. The van der Waals surface area contributed by atoms with E-state index in [1.807, 2.05) is 13.8 Å². The Kier molecular flexibility index (Phi) is 3.51. The Balaban J connectivity index is 2.05. The van der Waals surface area contributed by atoms with E-state index in [-0.39, 0.29) is 6.10 Å². The van der Waals surface area contributed by atoms with Gasteiger partial charge >= 0.3 is 0 Å². The minimum Gasteiger partial charge on any atom is -0.385 e. The molecule has 17 heavy (non-hydrogen) atoms. The Bertz CT molecular complexity index is 416. The van der Waals surface area contributed by atoms with Crippen LogP contribution in [0.2, 0.25) is 5.15 Å². The number of hydrogen-bond donors (Lipinski definition) is 2. The van der Waals surface area contributed by atoms with Crippen LogP contribution in [0.3, 0.4) is 0 Å². The van der Waals surface area contributed by atoms with Gasteiger partial charge in [0, 0.05) is 25.1 Å². The smallest absolute Gasteiger partial charge is 0.137 e. The molecule has 1 aliphatic rings. The SMILES string of the molecule is Cc1c(Cl)ncnc1NCC1(O)CCOC1C. The number of nitrogens with zero attached hydrogens (tertiary/aromatic N) is 2. The van der Waals surface area contributed by atoms with E-state index in [1.54, 1.807) is 0 Å². The van der Waals surface area contributed by atoms with Crippen LogP contribution in [0.1, 0.15) is 18.9 Å². The van der Waals surface area contributed by atoms with Gasteiger partial charge in [0.15, 0.2) is 0 Å². The predicted molar refractivity (Wildman–Crippen MR) is 65.2 cm³/mol. The molecule has 0 aromatic carbocycles. The van der Waals surface area contributed by atoms with Crippen molar-refractivity contribution in [1.82, 2.24) is 9.97 Å². The van der Waals surface area contributed by atoms with E-state index in [4.69, 9.17) is 16.3 Å². The lowest BCUT2D eigenvalue weighted by Gasteiger charge is -2.26. The van der Waals surface area contributed by atoms with Crippen molar-refractivity contribution in [3.8, 4) is 0 Å². The zero-order chi connectivity index (χ0) is 12.5. The largest absolute Gasteiger partial charge is 0.385 e. The van der Waals surface area contributed by atoms with Crippen LogP contribution in [-0.4, -0.2) is 39.9 Å². The van der Waals surface area contributed by atoms with E-state index in [0.717, 1.165) is 5.56 Å². The molecule has 0 saturated carbocycles. The molecule has 0 spiro atoms. The normalized spacial score (nSPS) is 28.4. The third-order valence-corrected chi connectivity index (χ3v) is 3.63. The second kappa shape index (κ2) is 4.76. The minimum absolute atomic E-state index is 0.174. The molecule has 2 rings (SSSR count). The molecule has 0 amide bonds. The first-order valence-corrected chi connectivity index (χ1v) is 5.96. The van der Waals surface area contributed by atoms with Crippen LogP contribution in [0.5, 0.6) is 0 Å². The molecular formula is C11H16ClN3O2. The van der Waals surface area contributed by atoms with Gasteiger partial charge in [0.05, 0.1) is 6.10 Å². The quantitative estimate of drug-likeness (QED) is 0.801. The van der Waals surface area contributed by atoms with Crippen molar-refractivity contribution in [3.63, 3.8) is 0 Å². The Hall–Kier alpha value is -0.910. The molecule has 1 saturated heterocycles. The number of nitrogens with one attached hydrogen (secondary N) is 1. The highest BCUT2D eigenvalue weighted by Crippen LogP contribution is 2.26. The van der Waals surface area contributed by atoms with Gasteiger partial charge < -0.3 is 15.2 Å². The monoisotopic (exact) mass is 257 g/mol. The Morgan fingerprint density at radius 1 is 1.65 bits per heavy atom. The summed E-state index contributed by atoms with van der Waals surface area (Å²) in [4.78, 5) is 7.98. The first kappa shape index (κ1) is 12.5. The molecule has 2 heterocycles. The van der Waals surface area contributed by atoms with Gasteiger partial charge in [-0.25, -0.2) is 9.97 Å². The summed E-state index contributed by atoms with van der Waals surface area (Å²) in [6.07, 6.45) is 1.85. The summed E-state index contributed by atoms with van der Waals surface area (Å²) in [5.41, 5.74) is -0.0616. The van der Waals surface area contributed by atoms with E-state index < -0.39 is 5.60 Å². The van der Waals surface area contributed by atoms with Crippen LogP contribution in [0, 0.1) is 6.92 Å². The van der Waals surface area contributed by atoms with Crippen molar-refractivity contribution < 1.29 is 9.84 Å². The van der Waals surface area contributed by atoms with Gasteiger partial charge in [-0.05, 0) is 13.8 Å². The highest BCUT2D eigenvalue weighted by atomic mass is 35.5. The highest BCUT2D eigenvalue weighted by molar-refractivity contribution is 6.30. The lowest BCUT2D eigenvalue weighted by molar-refractivity contribution is -0.0176. The van der Waals surface area contributed by atoms with E-state index in [2.05, 4.69) is 15.3 Å². The second-order valence-corrected chi connectivity index (χ2v) is 4.72. The standard InChI is InChI=1S/C11H16ClN3O2/c1-7-9(12)14-6-15-10(7)13-5-11(16)3-4-17-8(11)2/h6,8,16H,3-5H2,1-2H3,(H,13,14,15). The van der Waals surface area contributed by atoms with Crippen LogP contribution >= 0.6 is 11.6 Å². The van der Waals surface area contributed by atoms with Gasteiger partial charge in [0.1, 0.15) is 22.9 Å². The summed E-state index contributed by atoms with van der Waals surface area (Å²) in [5.74, 6) is 0.650. The summed E-state index contributed by atoms with van der Waals surface area (Å²) < 4.78 is 5.36. The fourth-order valence-corrected chi connectivity index (χ4v) is 1.98. The zero-order valence-corrected chi connectivity index (χ0v) is 10.7. The highest BCUT2D eigenvalue weighted by Gasteiger charge is 2.39. The van der Waals surface area contributed by atoms with Gasteiger partial charge in [-0.1, -0.05) is 11.6 Å². The molecule has 0 radical (unpaired) electrons. The molecule has 5 nitrogen and oxygen atoms in total. The molecule has 0 aliphatic carbocycles. The van der Waals surface area contributed by atoms with Crippen LogP contribution < -0.4 is 5.32 Å². The fourth-order valence-electron chi connectivity index (χ4n) is 1.85. The van der Waals surface area contributed by atoms with E-state index in [9.17, 15) is 5.11 Å². The van der Waals surface area contributed by atoms with E-state index >= 15 is 0 Å². The van der Waals surface area contributed by atoms with Gasteiger partial charge in [-0.15, -0.1) is 0 Å². The number of ether oxygens (including phenoxy) is 1. The third-order valence-electron chi connectivity index (χ3n) is 3.24. The van der Waals surface area contributed by atoms with Gasteiger partial charge in [-0.3, -0.25) is 0 Å². The van der Waals surface area contributed by atoms with Crippen LogP contribution in [0.25, 0.3) is 0 Å². The minimum atomic E-state index is -0.843. The van der Waals surface area contributed by atoms with Gasteiger partial charge in [0.25, 0.3) is 0 Å². The summed E-state index contributed by atoms with van der Waals surface area (Å²) in [7, 11) is 0. The van der Waals surface area contributed by atoms with Crippen molar-refractivity contribution in [1.29, 1.82) is 0 Å². The predicted octanol–water partition coefficient (Wildman–Crippen LogP) is 1.39. The van der Waals surface area contributed by atoms with Crippen LogP contribution in [0.4, 0.5) is 5.82 Å². The fraction of sp³-hybridized carbons (Fsp3) is 0.636. The summed E-state index contributed by atoms with van der Waals surface area (Å²) >= 11 is 5.89. The Morgan fingerprint density at radius 2 is 2.41 bits per heavy atom. The third kappa shape index (κ3) is 2.51. The molecule has 1 aromatic rings. The van der Waals surface area contributed by atoms with Crippen LogP contribution in [0.15, 0.2) is 6.33 Å². The maximum absolute atomic E-state index is 10.3. The van der Waals surface area contributed by atoms with Crippen molar-refractivity contribution >= 4 is 17.4 Å². The number of aliphatic hydroxyl groups is 1. The van der Waals surface area contributed by atoms with Crippen molar-refractivity contribution in [2.45, 2.75) is 32.0 Å². The van der Waals surface area contributed by atoms with Gasteiger partial charge in [-0.2, -0.15) is 0 Å². The summed E-state index contributed by atoms with van der Waals surface area (Å²) in [5, 5.41) is 13.8. The van der Waals surface area contributed by atoms with Crippen LogP contribution in [-0.2, 0) is 4.74 Å². The van der Waals surface area contributed by atoms with Crippen molar-refractivity contribution in [3.05, 3.63) is 17.0 Å². The van der Waals surface area contributed by atoms with E-state index in [0.29, 0.717) is 30.5 Å². The topological polar surface area (TPSA) is 67.3 Å². The van der Waals surface area contributed by atoms with Crippen molar-refractivity contribution in [2.24, 2.45) is 0 Å². The maximum atomic E-state index is 10.3. The number of halogens is 1. The molecule has 2 atom stereocenters. The summed E-state index contributed by atoms with van der Waals surface area (Å²) in [6, 6.07) is 0. The number of hydrogen-bond acceptors (Lipinski definition) is 5. The molecule has 6 heteroatoms. The number of anilines is 1. The first-order valence-electron chi connectivity index (χ1n) is 5.58. The molecular weight excluding hydrogens is 242 g/mol. The molecule has 1 aromatic heterocycles. The number of aromatic nitrogens is 2. The van der Waals surface area contributed by atoms with Gasteiger partial charge in [0.2, 0.25) is 0 Å². The molecule has 94 valence electrons. The molecule has 1 aliphatic heterocycles. The molecule has 0 bridgehead atoms. The Morgan fingerprint density at radius 3 is 3.06 bits per heavy atom. The van der Waals surface area contributed by atoms with Crippen molar-refractivity contribution in [2.75, 3.05) is 18.5 Å². The van der Waals surface area contributed by atoms with E-state index in [1.165, 1.54) is 6.33 Å². The second-order valence-electron chi connectivity index (χ2n) is 4.36. The molecule has 2 N–H and O–H groups in total. The zero-order valence-electron chi connectivity index (χ0n) is 9.90. The first-order chi connectivity index (χ1) is 8.03. The summed E-state index contributed by atoms with van der Waals surface area (Å²) in [6.45, 7) is 4.68. The lowest BCUT2D eigenvalue weighted by atomic mass is 9.97. The lowest BCUT2D eigenvalue weighted by Crippen LogP contribution is -2.43. The number of rotatable bonds is 3. The molecule has 1 fully saturated rings. The maximum Gasteiger partial charge on any atom is 0.137 e.